The van der Waals surface area contributed by atoms with Crippen LogP contribution in [0.5, 0.6) is 5.75 Å². The smallest absolute Gasteiger partial charge is 0.189 e. The van der Waals surface area contributed by atoms with Gasteiger partial charge in [0.15, 0.2) is 10.9 Å². The van der Waals surface area contributed by atoms with Crippen LogP contribution >= 0.6 is 11.3 Å². The van der Waals surface area contributed by atoms with Gasteiger partial charge in [-0.3, -0.25) is 4.98 Å². The summed E-state index contributed by atoms with van der Waals surface area (Å²) in [6.45, 7) is 3.00. The van der Waals surface area contributed by atoms with Crippen molar-refractivity contribution in [3.05, 3.63) is 52.3 Å². The van der Waals surface area contributed by atoms with Gasteiger partial charge < -0.3 is 15.0 Å². The Bertz CT molecular complexity index is 1150. The third-order valence-corrected chi connectivity index (χ3v) is 6.71. The first kappa shape index (κ1) is 19.8. The molecule has 158 valence electrons. The highest BCUT2D eigenvalue weighted by molar-refractivity contribution is 7.16. The molecule has 3 aromatic rings. The average Bonchev–Trinajstić information content (AvgIpc) is 3.33. The van der Waals surface area contributed by atoms with Crippen LogP contribution in [0.25, 0.3) is 0 Å². The van der Waals surface area contributed by atoms with Gasteiger partial charge in [0.2, 0.25) is 0 Å². The van der Waals surface area contributed by atoms with Crippen molar-refractivity contribution in [1.82, 2.24) is 15.0 Å². The largest absolute Gasteiger partial charge is 0.496 e. The third-order valence-electron chi connectivity index (χ3n) is 5.89. The number of thiazole rings is 1. The summed E-state index contributed by atoms with van der Waals surface area (Å²) in [6.07, 6.45) is 7.90. The van der Waals surface area contributed by atoms with E-state index in [0.29, 0.717) is 15.9 Å². The Hall–Kier alpha value is -3.18. The van der Waals surface area contributed by atoms with Gasteiger partial charge in [-0.15, -0.1) is 0 Å². The maximum atomic E-state index is 9.10. The molecular weight excluding hydrogens is 408 g/mol. The number of nitrogens with zero attached hydrogens (tertiary/aromatic N) is 5. The molecule has 5 rings (SSSR count). The standard InChI is InChI=1S/C23H24N6OS/c1-14-5-8-17(19(10-14)30-2)18-4-3-9-29(18)20-13-25-21(15-6-7-15)22(27-20)28-23-26-12-16(11-24)31-23/h5,8,10,12-13,15,18H,3-4,6-7,9H2,1-2H3,(H,26,27,28). The number of rotatable bonds is 6. The van der Waals surface area contributed by atoms with Crippen LogP contribution in [0.3, 0.4) is 0 Å². The van der Waals surface area contributed by atoms with E-state index in [1.54, 1.807) is 13.3 Å². The molecule has 0 spiro atoms. The maximum absolute atomic E-state index is 9.10. The molecule has 1 saturated carbocycles. The van der Waals surface area contributed by atoms with Gasteiger partial charge in [0.1, 0.15) is 22.5 Å². The summed E-state index contributed by atoms with van der Waals surface area (Å²) in [5, 5.41) is 13.1. The third kappa shape index (κ3) is 3.93. The lowest BCUT2D eigenvalue weighted by atomic mass is 10.0. The van der Waals surface area contributed by atoms with Crippen molar-refractivity contribution in [2.75, 3.05) is 23.9 Å². The quantitative estimate of drug-likeness (QED) is 0.581. The lowest BCUT2D eigenvalue weighted by Gasteiger charge is -2.28. The molecule has 0 amide bonds. The fraction of sp³-hybridized carbons (Fsp3) is 0.391. The van der Waals surface area contributed by atoms with Crippen molar-refractivity contribution in [2.45, 2.75) is 44.6 Å². The Kier molecular flexibility index (Phi) is 5.20. The summed E-state index contributed by atoms with van der Waals surface area (Å²) < 4.78 is 5.69. The summed E-state index contributed by atoms with van der Waals surface area (Å²) in [4.78, 5) is 17.0. The fourth-order valence-electron chi connectivity index (χ4n) is 4.22. The van der Waals surface area contributed by atoms with E-state index < -0.39 is 0 Å². The predicted molar refractivity (Wildman–Crippen MR) is 121 cm³/mol. The van der Waals surface area contributed by atoms with Crippen LogP contribution in [0.15, 0.2) is 30.6 Å². The summed E-state index contributed by atoms with van der Waals surface area (Å²) in [5.74, 6) is 2.98. The monoisotopic (exact) mass is 432 g/mol. The van der Waals surface area contributed by atoms with Gasteiger partial charge in [0.25, 0.3) is 0 Å². The molecule has 1 saturated heterocycles. The molecule has 1 unspecified atom stereocenters. The summed E-state index contributed by atoms with van der Waals surface area (Å²) in [5.41, 5.74) is 3.36. The molecule has 1 N–H and O–H groups in total. The van der Waals surface area contributed by atoms with E-state index in [1.807, 2.05) is 6.20 Å². The average molecular weight is 433 g/mol. The first-order valence-corrected chi connectivity index (χ1v) is 11.4. The van der Waals surface area contributed by atoms with Crippen molar-refractivity contribution in [2.24, 2.45) is 0 Å². The molecule has 7 nitrogen and oxygen atoms in total. The Morgan fingerprint density at radius 3 is 2.84 bits per heavy atom. The molecule has 1 aliphatic carbocycles. The van der Waals surface area contributed by atoms with E-state index in [4.69, 9.17) is 20.0 Å². The van der Waals surface area contributed by atoms with Gasteiger partial charge in [-0.05, 0) is 44.2 Å². The predicted octanol–water partition coefficient (Wildman–Crippen LogP) is 5.08. The SMILES string of the molecule is COc1cc(C)ccc1C1CCCN1c1cnc(C2CC2)c(Nc2ncc(C#N)s2)n1. The second-order valence-corrected chi connectivity index (χ2v) is 9.13. The molecule has 31 heavy (non-hydrogen) atoms. The summed E-state index contributed by atoms with van der Waals surface area (Å²) >= 11 is 1.33. The number of anilines is 3. The number of hydrogen-bond donors (Lipinski definition) is 1. The van der Waals surface area contributed by atoms with Crippen LogP contribution < -0.4 is 15.0 Å². The van der Waals surface area contributed by atoms with Gasteiger partial charge in [-0.2, -0.15) is 5.26 Å². The number of ether oxygens (including phenoxy) is 1. The summed E-state index contributed by atoms with van der Waals surface area (Å²) in [6, 6.07) is 8.74. The van der Waals surface area contributed by atoms with Crippen LogP contribution in [0, 0.1) is 18.3 Å². The second kappa shape index (κ2) is 8.16. The zero-order chi connectivity index (χ0) is 21.4. The van der Waals surface area contributed by atoms with E-state index in [2.05, 4.69) is 46.4 Å². The zero-order valence-corrected chi connectivity index (χ0v) is 18.4. The van der Waals surface area contributed by atoms with Crippen molar-refractivity contribution in [3.8, 4) is 11.8 Å². The molecule has 8 heteroatoms. The zero-order valence-electron chi connectivity index (χ0n) is 17.6. The lowest BCUT2D eigenvalue weighted by Crippen LogP contribution is -2.24. The highest BCUT2D eigenvalue weighted by Crippen LogP contribution is 2.44. The number of nitrogens with one attached hydrogen (secondary N) is 1. The first-order chi connectivity index (χ1) is 15.2. The van der Waals surface area contributed by atoms with E-state index in [1.165, 1.54) is 22.5 Å². The van der Waals surface area contributed by atoms with Gasteiger partial charge >= 0.3 is 0 Å². The molecule has 1 aliphatic heterocycles. The molecular formula is C23H24N6OS. The highest BCUT2D eigenvalue weighted by atomic mass is 32.1. The minimum Gasteiger partial charge on any atom is -0.496 e. The molecule has 1 atom stereocenters. The first-order valence-electron chi connectivity index (χ1n) is 10.6. The Labute approximate surface area is 185 Å². The maximum Gasteiger partial charge on any atom is 0.189 e. The molecule has 0 bridgehead atoms. The molecule has 2 aliphatic rings. The minimum absolute atomic E-state index is 0.203. The number of benzene rings is 1. The highest BCUT2D eigenvalue weighted by Gasteiger charge is 2.33. The second-order valence-electron chi connectivity index (χ2n) is 8.10. The summed E-state index contributed by atoms with van der Waals surface area (Å²) in [7, 11) is 1.73. The van der Waals surface area contributed by atoms with E-state index in [0.717, 1.165) is 55.3 Å². The van der Waals surface area contributed by atoms with Crippen LogP contribution in [0.2, 0.25) is 0 Å². The number of methoxy groups -OCH3 is 1. The number of aryl methyl sites for hydroxylation is 1. The van der Waals surface area contributed by atoms with Crippen molar-refractivity contribution in [1.29, 1.82) is 5.26 Å². The molecule has 0 radical (unpaired) electrons. The Balaban J connectivity index is 1.49. The van der Waals surface area contributed by atoms with Crippen LogP contribution in [0.4, 0.5) is 16.8 Å². The fourth-order valence-corrected chi connectivity index (χ4v) is 4.83. The van der Waals surface area contributed by atoms with Gasteiger partial charge in [-0.1, -0.05) is 23.5 Å². The molecule has 2 fully saturated rings. The Morgan fingerprint density at radius 1 is 1.23 bits per heavy atom. The van der Waals surface area contributed by atoms with E-state index in [9.17, 15) is 0 Å². The van der Waals surface area contributed by atoms with Crippen molar-refractivity contribution in [3.63, 3.8) is 0 Å². The van der Waals surface area contributed by atoms with Gasteiger partial charge in [0.05, 0.1) is 31.2 Å². The van der Waals surface area contributed by atoms with Crippen LogP contribution in [0.1, 0.15) is 59.3 Å². The topological polar surface area (TPSA) is 87.0 Å². The van der Waals surface area contributed by atoms with Crippen molar-refractivity contribution >= 4 is 28.1 Å². The van der Waals surface area contributed by atoms with Crippen LogP contribution in [-0.2, 0) is 0 Å². The number of nitriles is 1. The number of aromatic nitrogens is 3. The minimum atomic E-state index is 0.203. The van der Waals surface area contributed by atoms with E-state index >= 15 is 0 Å². The van der Waals surface area contributed by atoms with Gasteiger partial charge in [-0.25, -0.2) is 9.97 Å². The lowest BCUT2D eigenvalue weighted by molar-refractivity contribution is 0.405. The van der Waals surface area contributed by atoms with Crippen molar-refractivity contribution < 1.29 is 4.74 Å². The molecule has 2 aromatic heterocycles. The number of hydrogen-bond acceptors (Lipinski definition) is 8. The van der Waals surface area contributed by atoms with Gasteiger partial charge in [0, 0.05) is 18.0 Å². The normalized spacial score (nSPS) is 18.1. The Morgan fingerprint density at radius 2 is 2.10 bits per heavy atom. The van der Waals surface area contributed by atoms with Crippen LogP contribution in [-0.4, -0.2) is 28.6 Å². The molecule has 3 heterocycles. The van der Waals surface area contributed by atoms with E-state index in [-0.39, 0.29) is 6.04 Å². The molecule has 1 aromatic carbocycles.